The lowest BCUT2D eigenvalue weighted by molar-refractivity contribution is -0.141. The van der Waals surface area contributed by atoms with E-state index < -0.39 is 35.9 Å². The van der Waals surface area contributed by atoms with E-state index in [-0.39, 0.29) is 11.9 Å². The molecule has 9 nitrogen and oxygen atoms in total. The lowest BCUT2D eigenvalue weighted by Crippen LogP contribution is -2.55. The molecule has 1 aliphatic heterocycles. The largest absolute Gasteiger partial charge is 0.480 e. The van der Waals surface area contributed by atoms with E-state index in [9.17, 15) is 19.2 Å². The van der Waals surface area contributed by atoms with E-state index in [1.54, 1.807) is 0 Å². The molecule has 0 radical (unpaired) electrons. The molecule has 23 heavy (non-hydrogen) atoms. The molecule has 1 rings (SSSR count). The highest BCUT2D eigenvalue weighted by Crippen LogP contribution is 2.04. The Hall–Kier alpha value is -2.16. The molecule has 0 saturated carbocycles. The molecule has 5 N–H and O–H groups in total. The van der Waals surface area contributed by atoms with Gasteiger partial charge in [0.15, 0.2) is 0 Å². The number of carbonyl (C=O) groups excluding carboxylic acids is 3. The monoisotopic (exact) mass is 328 g/mol. The van der Waals surface area contributed by atoms with Crippen molar-refractivity contribution in [3.8, 4) is 0 Å². The van der Waals surface area contributed by atoms with Crippen LogP contribution in [0, 0.1) is 0 Å². The summed E-state index contributed by atoms with van der Waals surface area (Å²) in [5, 5.41) is 19.0. The Bertz CT molecular complexity index is 476. The van der Waals surface area contributed by atoms with E-state index in [1.165, 1.54) is 20.8 Å². The number of hydrogen-bond acceptors (Lipinski definition) is 5. The summed E-state index contributed by atoms with van der Waals surface area (Å²) in [5.41, 5.74) is 0. The zero-order valence-electron chi connectivity index (χ0n) is 13.5. The molecule has 1 heterocycles. The summed E-state index contributed by atoms with van der Waals surface area (Å²) in [6, 6.07) is -3.04. The minimum absolute atomic E-state index is 0.248. The Morgan fingerprint density at radius 2 is 1.48 bits per heavy atom. The molecule has 0 aromatic rings. The van der Waals surface area contributed by atoms with Crippen molar-refractivity contribution in [2.45, 2.75) is 57.8 Å². The zero-order valence-corrected chi connectivity index (χ0v) is 13.5. The number of rotatable bonds is 7. The summed E-state index contributed by atoms with van der Waals surface area (Å²) in [6.45, 7) is 5.06. The van der Waals surface area contributed by atoms with Crippen LogP contribution < -0.4 is 21.3 Å². The number of carboxylic acid groups (broad SMARTS) is 1. The molecular formula is C14H24N4O5. The maximum absolute atomic E-state index is 12.0. The Labute approximate surface area is 134 Å². The average Bonchev–Trinajstić information content (AvgIpc) is 3.00. The Morgan fingerprint density at radius 1 is 0.957 bits per heavy atom. The van der Waals surface area contributed by atoms with Crippen molar-refractivity contribution in [2.24, 2.45) is 0 Å². The van der Waals surface area contributed by atoms with Gasteiger partial charge in [-0.15, -0.1) is 0 Å². The summed E-state index contributed by atoms with van der Waals surface area (Å²) in [4.78, 5) is 46.3. The van der Waals surface area contributed by atoms with Gasteiger partial charge in [-0.05, 0) is 40.2 Å². The van der Waals surface area contributed by atoms with Crippen molar-refractivity contribution in [3.63, 3.8) is 0 Å². The Balaban J connectivity index is 2.42. The average molecular weight is 328 g/mol. The first-order chi connectivity index (χ1) is 10.7. The van der Waals surface area contributed by atoms with Crippen LogP contribution in [0.15, 0.2) is 0 Å². The van der Waals surface area contributed by atoms with E-state index in [0.29, 0.717) is 0 Å². The maximum atomic E-state index is 12.0. The molecule has 0 unspecified atom stereocenters. The highest BCUT2D eigenvalue weighted by Gasteiger charge is 2.27. The molecule has 0 aromatic carbocycles. The highest BCUT2D eigenvalue weighted by molar-refractivity contribution is 5.93. The summed E-state index contributed by atoms with van der Waals surface area (Å²) in [7, 11) is 0. The predicted molar refractivity (Wildman–Crippen MR) is 81.5 cm³/mol. The molecule has 1 aliphatic rings. The second kappa shape index (κ2) is 8.47. The molecule has 1 saturated heterocycles. The van der Waals surface area contributed by atoms with Gasteiger partial charge in [0.05, 0.1) is 6.04 Å². The van der Waals surface area contributed by atoms with E-state index in [4.69, 9.17) is 5.11 Å². The molecule has 130 valence electrons. The number of carbonyl (C=O) groups is 4. The number of nitrogens with one attached hydrogen (secondary N) is 4. The number of amides is 3. The van der Waals surface area contributed by atoms with Gasteiger partial charge in [0, 0.05) is 0 Å². The van der Waals surface area contributed by atoms with Crippen molar-refractivity contribution >= 4 is 23.7 Å². The van der Waals surface area contributed by atoms with Crippen LogP contribution >= 0.6 is 0 Å². The number of carboxylic acids is 1. The quantitative estimate of drug-likeness (QED) is 0.379. The predicted octanol–water partition coefficient (Wildman–Crippen LogP) is -1.66. The fourth-order valence-electron chi connectivity index (χ4n) is 2.09. The van der Waals surface area contributed by atoms with Gasteiger partial charge in [-0.1, -0.05) is 0 Å². The first kappa shape index (κ1) is 18.9. The maximum Gasteiger partial charge on any atom is 0.325 e. The first-order valence-electron chi connectivity index (χ1n) is 7.59. The van der Waals surface area contributed by atoms with Crippen LogP contribution in [0.1, 0.15) is 33.6 Å². The van der Waals surface area contributed by atoms with Crippen LogP contribution in [0.4, 0.5) is 0 Å². The molecule has 4 atom stereocenters. The molecule has 3 amide bonds. The standard InChI is InChI=1S/C14H24N4O5/c1-7(12(20)18-9(3)14(22)23)16-11(19)8(2)17-13(21)10-5-4-6-15-10/h7-10,15H,4-6H2,1-3H3,(H,16,19)(H,17,21)(H,18,20)(H,22,23)/t7-,8-,9-,10-/m0/s1. The minimum Gasteiger partial charge on any atom is -0.480 e. The lowest BCUT2D eigenvalue weighted by Gasteiger charge is -2.20. The second-order valence-electron chi connectivity index (χ2n) is 5.68. The molecular weight excluding hydrogens is 304 g/mol. The van der Waals surface area contributed by atoms with Crippen molar-refractivity contribution in [1.29, 1.82) is 0 Å². The van der Waals surface area contributed by atoms with Crippen molar-refractivity contribution in [1.82, 2.24) is 21.3 Å². The summed E-state index contributed by atoms with van der Waals surface area (Å²) >= 11 is 0. The van der Waals surface area contributed by atoms with E-state index in [2.05, 4.69) is 21.3 Å². The van der Waals surface area contributed by atoms with Crippen molar-refractivity contribution < 1.29 is 24.3 Å². The van der Waals surface area contributed by atoms with E-state index >= 15 is 0 Å². The van der Waals surface area contributed by atoms with Crippen LogP contribution in [-0.2, 0) is 19.2 Å². The summed E-state index contributed by atoms with van der Waals surface area (Å²) in [5.74, 6) is -2.53. The van der Waals surface area contributed by atoms with Gasteiger partial charge in [-0.25, -0.2) is 0 Å². The van der Waals surface area contributed by atoms with Crippen LogP contribution in [0.25, 0.3) is 0 Å². The van der Waals surface area contributed by atoms with Gasteiger partial charge in [-0.3, -0.25) is 19.2 Å². The summed E-state index contributed by atoms with van der Waals surface area (Å²) < 4.78 is 0. The molecule has 0 bridgehead atoms. The zero-order chi connectivity index (χ0) is 17.6. The molecule has 0 spiro atoms. The van der Waals surface area contributed by atoms with E-state index in [0.717, 1.165) is 19.4 Å². The molecule has 0 aromatic heterocycles. The normalized spacial score (nSPS) is 20.9. The third-order valence-corrected chi connectivity index (χ3v) is 3.61. The SMILES string of the molecule is C[C@H](NC(=O)[C@H](C)NC(=O)[C@H](C)NC(=O)[C@@H]1CCCN1)C(=O)O. The second-order valence-corrected chi connectivity index (χ2v) is 5.68. The smallest absolute Gasteiger partial charge is 0.325 e. The number of hydrogen-bond donors (Lipinski definition) is 5. The van der Waals surface area contributed by atoms with Crippen LogP contribution in [0.5, 0.6) is 0 Å². The fourth-order valence-corrected chi connectivity index (χ4v) is 2.09. The van der Waals surface area contributed by atoms with Crippen molar-refractivity contribution in [3.05, 3.63) is 0 Å². The Morgan fingerprint density at radius 3 is 1.96 bits per heavy atom. The van der Waals surface area contributed by atoms with Crippen LogP contribution in [0.2, 0.25) is 0 Å². The lowest BCUT2D eigenvalue weighted by atomic mass is 10.2. The fraction of sp³-hybridized carbons (Fsp3) is 0.714. The Kier molecular flexibility index (Phi) is 6.95. The topological polar surface area (TPSA) is 137 Å². The molecule has 1 fully saturated rings. The van der Waals surface area contributed by atoms with Crippen LogP contribution in [0.3, 0.4) is 0 Å². The first-order valence-corrected chi connectivity index (χ1v) is 7.59. The van der Waals surface area contributed by atoms with E-state index in [1.807, 2.05) is 0 Å². The number of aliphatic carboxylic acids is 1. The summed E-state index contributed by atoms with van der Waals surface area (Å²) in [6.07, 6.45) is 1.64. The van der Waals surface area contributed by atoms with Gasteiger partial charge in [0.2, 0.25) is 17.7 Å². The minimum atomic E-state index is -1.17. The van der Waals surface area contributed by atoms with Gasteiger partial charge >= 0.3 is 5.97 Å². The third kappa shape index (κ3) is 5.85. The van der Waals surface area contributed by atoms with Crippen molar-refractivity contribution in [2.75, 3.05) is 6.54 Å². The molecule has 9 heteroatoms. The van der Waals surface area contributed by atoms with Gasteiger partial charge in [-0.2, -0.15) is 0 Å². The third-order valence-electron chi connectivity index (χ3n) is 3.61. The molecule has 0 aliphatic carbocycles. The van der Waals surface area contributed by atoms with Gasteiger partial charge in [0.1, 0.15) is 18.1 Å². The van der Waals surface area contributed by atoms with Gasteiger partial charge < -0.3 is 26.4 Å². The van der Waals surface area contributed by atoms with Crippen LogP contribution in [-0.4, -0.2) is 59.5 Å². The van der Waals surface area contributed by atoms with Gasteiger partial charge in [0.25, 0.3) is 0 Å². The highest BCUT2D eigenvalue weighted by atomic mass is 16.4.